The second kappa shape index (κ2) is 6.21. The van der Waals surface area contributed by atoms with Crippen molar-refractivity contribution in [2.75, 3.05) is 7.11 Å². The molecule has 0 saturated carbocycles. The maximum atomic E-state index is 6.19. The molecule has 0 radical (unpaired) electrons. The summed E-state index contributed by atoms with van der Waals surface area (Å²) in [6, 6.07) is 8.30. The molecule has 0 amide bonds. The Morgan fingerprint density at radius 1 is 1.33 bits per heavy atom. The first-order valence-corrected chi connectivity index (χ1v) is 6.71. The van der Waals surface area contributed by atoms with Crippen molar-refractivity contribution in [2.24, 2.45) is 5.73 Å². The lowest BCUT2D eigenvalue weighted by molar-refractivity contribution is 0.0471. The molecule has 0 spiro atoms. The van der Waals surface area contributed by atoms with Gasteiger partial charge < -0.3 is 15.2 Å². The number of ether oxygens (including phenoxy) is 2. The highest BCUT2D eigenvalue weighted by Gasteiger charge is 2.23. The summed E-state index contributed by atoms with van der Waals surface area (Å²) >= 11 is 0. The van der Waals surface area contributed by atoms with E-state index in [-0.39, 0.29) is 6.04 Å². The number of nitrogens with two attached hydrogens (primary N) is 1. The van der Waals surface area contributed by atoms with Gasteiger partial charge in [-0.25, -0.2) is 0 Å². The highest BCUT2D eigenvalue weighted by molar-refractivity contribution is 5.27. The van der Waals surface area contributed by atoms with Gasteiger partial charge in [0.15, 0.2) is 0 Å². The van der Waals surface area contributed by atoms with E-state index in [1.807, 2.05) is 12.1 Å². The summed E-state index contributed by atoms with van der Waals surface area (Å²) in [6.45, 7) is 2.13. The molecule has 3 unspecified atom stereocenters. The first-order chi connectivity index (χ1) is 8.67. The Kier molecular flexibility index (Phi) is 4.61. The summed E-state index contributed by atoms with van der Waals surface area (Å²) in [7, 11) is 1.68. The van der Waals surface area contributed by atoms with Crippen LogP contribution in [0.2, 0.25) is 0 Å². The smallest absolute Gasteiger partial charge is 0.118 e. The third-order valence-corrected chi connectivity index (χ3v) is 3.54. The maximum absolute atomic E-state index is 6.19. The van der Waals surface area contributed by atoms with Crippen LogP contribution in [-0.4, -0.2) is 25.4 Å². The minimum absolute atomic E-state index is 0.175. The third kappa shape index (κ3) is 3.72. The number of hydrogen-bond donors (Lipinski definition) is 1. The van der Waals surface area contributed by atoms with Gasteiger partial charge in [0.2, 0.25) is 0 Å². The van der Waals surface area contributed by atoms with Crippen LogP contribution in [0.4, 0.5) is 0 Å². The van der Waals surface area contributed by atoms with Crippen LogP contribution >= 0.6 is 0 Å². The van der Waals surface area contributed by atoms with Gasteiger partial charge in [0.25, 0.3) is 0 Å². The van der Waals surface area contributed by atoms with E-state index in [0.29, 0.717) is 12.2 Å². The molecule has 1 aliphatic rings. The predicted octanol–water partition coefficient (Wildman–Crippen LogP) is 2.52. The lowest BCUT2D eigenvalue weighted by Crippen LogP contribution is -2.28. The Balaban J connectivity index is 1.80. The van der Waals surface area contributed by atoms with Crippen molar-refractivity contribution >= 4 is 0 Å². The van der Waals surface area contributed by atoms with Gasteiger partial charge in [0.05, 0.1) is 19.3 Å². The molecule has 0 aromatic heterocycles. The molecule has 100 valence electrons. The van der Waals surface area contributed by atoms with Crippen molar-refractivity contribution in [3.8, 4) is 5.75 Å². The summed E-state index contributed by atoms with van der Waals surface area (Å²) in [5.41, 5.74) is 7.45. The molecule has 1 saturated heterocycles. The minimum Gasteiger partial charge on any atom is -0.497 e. The summed E-state index contributed by atoms with van der Waals surface area (Å²) in [5, 5.41) is 0. The van der Waals surface area contributed by atoms with Crippen LogP contribution in [-0.2, 0) is 11.2 Å². The summed E-state index contributed by atoms with van der Waals surface area (Å²) in [6.07, 6.45) is 4.93. The Hall–Kier alpha value is -1.06. The van der Waals surface area contributed by atoms with Crippen LogP contribution in [0.25, 0.3) is 0 Å². The SMILES string of the molecule is COc1ccc(CC(N)CC2CCC(C)O2)cc1. The van der Waals surface area contributed by atoms with Gasteiger partial charge in [0.1, 0.15) is 5.75 Å². The standard InChI is InChI=1S/C15H23NO2/c1-11-3-6-15(18-11)10-13(16)9-12-4-7-14(17-2)8-5-12/h4-5,7-8,11,13,15H,3,6,9-10,16H2,1-2H3. The van der Waals surface area contributed by atoms with E-state index in [0.717, 1.165) is 25.0 Å². The van der Waals surface area contributed by atoms with E-state index in [1.165, 1.54) is 12.0 Å². The van der Waals surface area contributed by atoms with Crippen LogP contribution in [0.15, 0.2) is 24.3 Å². The Morgan fingerprint density at radius 3 is 2.61 bits per heavy atom. The average molecular weight is 249 g/mol. The lowest BCUT2D eigenvalue weighted by atomic mass is 10.00. The quantitative estimate of drug-likeness (QED) is 0.872. The first kappa shape index (κ1) is 13.4. The van der Waals surface area contributed by atoms with E-state index < -0.39 is 0 Å². The van der Waals surface area contributed by atoms with Gasteiger partial charge >= 0.3 is 0 Å². The Bertz CT molecular complexity index is 363. The molecular weight excluding hydrogens is 226 g/mol. The summed E-state index contributed by atoms with van der Waals surface area (Å²) in [5.74, 6) is 0.889. The van der Waals surface area contributed by atoms with E-state index in [9.17, 15) is 0 Å². The second-order valence-electron chi connectivity index (χ2n) is 5.19. The van der Waals surface area contributed by atoms with Crippen LogP contribution in [0.5, 0.6) is 5.75 Å². The fourth-order valence-corrected chi connectivity index (χ4v) is 2.54. The molecule has 3 atom stereocenters. The highest BCUT2D eigenvalue weighted by Crippen LogP contribution is 2.23. The lowest BCUT2D eigenvalue weighted by Gasteiger charge is -2.17. The van der Waals surface area contributed by atoms with Crippen molar-refractivity contribution in [1.82, 2.24) is 0 Å². The molecule has 18 heavy (non-hydrogen) atoms. The molecule has 1 aliphatic heterocycles. The minimum atomic E-state index is 0.175. The van der Waals surface area contributed by atoms with Crippen LogP contribution in [0.3, 0.4) is 0 Å². The van der Waals surface area contributed by atoms with Crippen LogP contribution in [0.1, 0.15) is 31.7 Å². The van der Waals surface area contributed by atoms with Gasteiger partial charge in [0, 0.05) is 6.04 Å². The largest absolute Gasteiger partial charge is 0.497 e. The highest BCUT2D eigenvalue weighted by atomic mass is 16.5. The van der Waals surface area contributed by atoms with Gasteiger partial charge in [-0.05, 0) is 50.3 Å². The van der Waals surface area contributed by atoms with Gasteiger partial charge in [-0.2, -0.15) is 0 Å². The molecular formula is C15H23NO2. The first-order valence-electron chi connectivity index (χ1n) is 6.71. The fourth-order valence-electron chi connectivity index (χ4n) is 2.54. The van der Waals surface area contributed by atoms with Gasteiger partial charge in [-0.15, -0.1) is 0 Å². The number of hydrogen-bond acceptors (Lipinski definition) is 3. The Labute approximate surface area is 109 Å². The van der Waals surface area contributed by atoms with Crippen molar-refractivity contribution in [2.45, 2.75) is 50.9 Å². The van der Waals surface area contributed by atoms with Crippen molar-refractivity contribution in [1.29, 1.82) is 0 Å². The zero-order valence-electron chi connectivity index (χ0n) is 11.3. The molecule has 1 aromatic carbocycles. The summed E-state index contributed by atoms with van der Waals surface area (Å²) in [4.78, 5) is 0. The molecule has 3 heteroatoms. The zero-order valence-corrected chi connectivity index (χ0v) is 11.3. The monoisotopic (exact) mass is 249 g/mol. The number of rotatable bonds is 5. The van der Waals surface area contributed by atoms with E-state index >= 15 is 0 Å². The van der Waals surface area contributed by atoms with Crippen LogP contribution < -0.4 is 10.5 Å². The van der Waals surface area contributed by atoms with Crippen molar-refractivity contribution in [3.05, 3.63) is 29.8 Å². The zero-order chi connectivity index (χ0) is 13.0. The predicted molar refractivity (Wildman–Crippen MR) is 72.9 cm³/mol. The van der Waals surface area contributed by atoms with Crippen LogP contribution in [0, 0.1) is 0 Å². The number of methoxy groups -OCH3 is 1. The van der Waals surface area contributed by atoms with E-state index in [1.54, 1.807) is 7.11 Å². The molecule has 1 heterocycles. The van der Waals surface area contributed by atoms with E-state index in [4.69, 9.17) is 15.2 Å². The molecule has 1 fully saturated rings. The topological polar surface area (TPSA) is 44.5 Å². The molecule has 2 rings (SSSR count). The molecule has 1 aromatic rings. The fraction of sp³-hybridized carbons (Fsp3) is 0.600. The average Bonchev–Trinajstić information content (AvgIpc) is 2.75. The van der Waals surface area contributed by atoms with Crippen molar-refractivity contribution in [3.63, 3.8) is 0 Å². The van der Waals surface area contributed by atoms with Gasteiger partial charge in [-0.1, -0.05) is 12.1 Å². The molecule has 0 bridgehead atoms. The molecule has 0 aliphatic carbocycles. The van der Waals surface area contributed by atoms with Gasteiger partial charge in [-0.3, -0.25) is 0 Å². The normalized spacial score (nSPS) is 25.1. The molecule has 2 N–H and O–H groups in total. The second-order valence-corrected chi connectivity index (χ2v) is 5.19. The van der Waals surface area contributed by atoms with Crippen molar-refractivity contribution < 1.29 is 9.47 Å². The van der Waals surface area contributed by atoms with E-state index in [2.05, 4.69) is 19.1 Å². The summed E-state index contributed by atoms with van der Waals surface area (Å²) < 4.78 is 10.9. The Morgan fingerprint density at radius 2 is 2.06 bits per heavy atom. The third-order valence-electron chi connectivity index (χ3n) is 3.54. The molecule has 3 nitrogen and oxygen atoms in total. The number of benzene rings is 1. The maximum Gasteiger partial charge on any atom is 0.118 e.